The molecule has 0 aliphatic rings. The Hall–Kier alpha value is 0.150. The van der Waals surface area contributed by atoms with Gasteiger partial charge in [-0.25, -0.2) is 0 Å². The Kier molecular flexibility index (Phi) is 94.9. The smallest absolute Gasteiger partial charge is 0.860 e. The molecule has 9 heavy (non-hydrogen) atoms. The van der Waals surface area contributed by atoms with Crippen molar-refractivity contribution >= 4 is 5.90 Å². The summed E-state index contributed by atoms with van der Waals surface area (Å²) in [6.07, 6.45) is 0. The van der Waals surface area contributed by atoms with Crippen LogP contribution in [0.5, 0.6) is 0 Å². The van der Waals surface area contributed by atoms with Crippen LogP contribution in [0, 0.1) is 0 Å². The van der Waals surface area contributed by atoms with Crippen LogP contribution >= 0.6 is 0 Å². The second kappa shape index (κ2) is 24.2. The van der Waals surface area contributed by atoms with E-state index in [1.165, 1.54) is 6.92 Å². The van der Waals surface area contributed by atoms with Gasteiger partial charge in [0.2, 0.25) is 0 Å². The van der Waals surface area contributed by atoms with E-state index in [0.29, 0.717) is 0 Å². The Morgan fingerprint density at radius 1 is 1.33 bits per heavy atom. The van der Waals surface area contributed by atoms with Crippen LogP contribution in [-0.4, -0.2) is 27.5 Å². The van der Waals surface area contributed by atoms with Gasteiger partial charge in [0, 0.05) is 5.90 Å². The third kappa shape index (κ3) is 66.7. The fourth-order valence-electron chi connectivity index (χ4n) is 0. The van der Waals surface area contributed by atoms with E-state index in [0.717, 1.165) is 0 Å². The molecule has 0 aromatic rings. The van der Waals surface area contributed by atoms with Crippen molar-refractivity contribution in [3.8, 4) is 0 Å². The largest absolute Gasteiger partial charge is 1.00 e. The van der Waals surface area contributed by atoms with Crippen molar-refractivity contribution in [1.82, 2.24) is 0 Å². The van der Waals surface area contributed by atoms with Crippen LogP contribution < -0.4 is 34.7 Å². The first-order valence-corrected chi connectivity index (χ1v) is 1.13. The van der Waals surface area contributed by atoms with Gasteiger partial charge in [-0.1, -0.05) is 0 Å². The van der Waals surface area contributed by atoms with E-state index in [4.69, 9.17) is 5.21 Å². The summed E-state index contributed by atoms with van der Waals surface area (Å²) >= 11 is 0. The van der Waals surface area contributed by atoms with Crippen LogP contribution in [-0.2, 0) is 0 Å². The fraction of sp³-hybridized carbons (Fsp3) is 0.500. The molecule has 54 valence electrons. The van der Waals surface area contributed by atoms with Gasteiger partial charge in [-0.3, -0.25) is 0 Å². The van der Waals surface area contributed by atoms with Crippen LogP contribution in [0.3, 0.4) is 0 Å². The average molecular weight is 151 g/mol. The molecule has 0 fully saturated rings. The number of rotatable bonds is 0. The summed E-state index contributed by atoms with van der Waals surface area (Å²) in [4.78, 5) is 0. The van der Waals surface area contributed by atoms with Gasteiger partial charge in [0.05, 0.1) is 0 Å². The second-order valence-corrected chi connectivity index (χ2v) is 0.619. The Bertz CT molecular complexity index is 52.9. The first-order chi connectivity index (χ1) is 2.27. The maximum Gasteiger partial charge on any atom is 1.00 e. The summed E-state index contributed by atoms with van der Waals surface area (Å²) in [5.41, 5.74) is 0. The van der Waals surface area contributed by atoms with Crippen LogP contribution in [0.1, 0.15) is 6.92 Å². The van der Waals surface area contributed by atoms with E-state index in [-0.39, 0.29) is 46.0 Å². The summed E-state index contributed by atoms with van der Waals surface area (Å²) in [6, 6.07) is 0. The predicted octanol–water partition coefficient (Wildman–Crippen LogP) is -6.32. The molecule has 0 aliphatic carbocycles. The fourth-order valence-corrected chi connectivity index (χ4v) is 0. The molecule has 0 saturated carbocycles. The zero-order valence-electron chi connectivity index (χ0n) is 5.30. The predicted molar refractivity (Wildman–Crippen MR) is 25.7 cm³/mol. The molecule has 0 atom stereocenters. The van der Waals surface area contributed by atoms with Crippen molar-refractivity contribution in [3.05, 3.63) is 0 Å². The van der Waals surface area contributed by atoms with Gasteiger partial charge in [0.15, 0.2) is 0 Å². The average Bonchev–Trinajstić information content (AvgIpc) is 1.38. The Morgan fingerprint density at radius 2 is 1.44 bits per heavy atom. The first kappa shape index (κ1) is 35.3. The summed E-state index contributed by atoms with van der Waals surface area (Å²) in [7, 11) is 0. The topological polar surface area (TPSA) is 150 Å². The van der Waals surface area contributed by atoms with E-state index in [1.807, 2.05) is 0 Å². The van der Waals surface area contributed by atoms with Crippen molar-refractivity contribution < 1.29 is 56.3 Å². The molecule has 7 heteroatoms. The SMILES string of the molecule is CC([O-])=NO.O.O.O.[Na+]. The third-order valence-electron chi connectivity index (χ3n) is 0.141. The molecule has 6 nitrogen and oxygen atoms in total. The normalized spacial score (nSPS) is 6.56. The van der Waals surface area contributed by atoms with Crippen molar-refractivity contribution in [3.63, 3.8) is 0 Å². The summed E-state index contributed by atoms with van der Waals surface area (Å²) < 4.78 is 0. The van der Waals surface area contributed by atoms with E-state index in [2.05, 4.69) is 5.16 Å². The molecule has 0 aromatic carbocycles. The minimum Gasteiger partial charge on any atom is -0.860 e. The molecule has 0 rings (SSSR count). The quantitative estimate of drug-likeness (QED) is 0.120. The van der Waals surface area contributed by atoms with Gasteiger partial charge in [-0.2, -0.15) is 0 Å². The molecule has 0 spiro atoms. The molecule has 0 bridgehead atoms. The maximum atomic E-state index is 9.40. The molecule has 0 aliphatic heterocycles. The first-order valence-electron chi connectivity index (χ1n) is 1.13. The van der Waals surface area contributed by atoms with Crippen LogP contribution in [0.2, 0.25) is 0 Å². The van der Waals surface area contributed by atoms with Crippen LogP contribution in [0.4, 0.5) is 0 Å². The molecule has 0 saturated heterocycles. The van der Waals surface area contributed by atoms with Gasteiger partial charge in [-0.05, 0) is 6.92 Å². The summed E-state index contributed by atoms with van der Waals surface area (Å²) in [5, 5.41) is 19.1. The van der Waals surface area contributed by atoms with E-state index in [9.17, 15) is 5.11 Å². The number of hydrogen-bond donors (Lipinski definition) is 1. The van der Waals surface area contributed by atoms with Crippen molar-refractivity contribution in [2.75, 3.05) is 0 Å². The van der Waals surface area contributed by atoms with Crippen molar-refractivity contribution in [2.45, 2.75) is 6.92 Å². The molecule has 0 heterocycles. The number of oxime groups is 1. The Labute approximate surface area is 74.4 Å². The zero-order valence-corrected chi connectivity index (χ0v) is 7.30. The van der Waals surface area contributed by atoms with E-state index in [1.54, 1.807) is 0 Å². The van der Waals surface area contributed by atoms with Crippen LogP contribution in [0.25, 0.3) is 0 Å². The van der Waals surface area contributed by atoms with Gasteiger partial charge < -0.3 is 26.7 Å². The number of nitrogens with zero attached hydrogens (tertiary/aromatic N) is 1. The monoisotopic (exact) mass is 151 g/mol. The minimum atomic E-state index is -0.565. The zero-order chi connectivity index (χ0) is 4.28. The van der Waals surface area contributed by atoms with E-state index >= 15 is 0 Å². The van der Waals surface area contributed by atoms with Crippen LogP contribution in [0.15, 0.2) is 5.16 Å². The van der Waals surface area contributed by atoms with Gasteiger partial charge >= 0.3 is 29.6 Å². The number of hydrogen-bond acceptors (Lipinski definition) is 3. The molecular formula is C2H10NNaO5. The van der Waals surface area contributed by atoms with Gasteiger partial charge in [0.1, 0.15) is 0 Å². The standard InChI is InChI=1S/C2H5NO2.Na.3H2O/c1-2(4)3-5;;;;/h5H,1H3,(H,3,4);;3*1H2/q;+1;;;/p-1. The summed E-state index contributed by atoms with van der Waals surface area (Å²) in [6.45, 7) is 1.17. The van der Waals surface area contributed by atoms with Gasteiger partial charge in [0.25, 0.3) is 0 Å². The van der Waals surface area contributed by atoms with Crippen molar-refractivity contribution in [1.29, 1.82) is 0 Å². The Morgan fingerprint density at radius 3 is 1.44 bits per heavy atom. The van der Waals surface area contributed by atoms with Crippen molar-refractivity contribution in [2.24, 2.45) is 5.16 Å². The minimum absolute atomic E-state index is 0. The molecule has 0 unspecified atom stereocenters. The summed E-state index contributed by atoms with van der Waals surface area (Å²) in [5.74, 6) is -0.565. The molecular weight excluding hydrogens is 141 g/mol. The Balaban J connectivity index is -0.0000000133. The maximum absolute atomic E-state index is 9.40. The van der Waals surface area contributed by atoms with E-state index < -0.39 is 5.90 Å². The molecule has 0 aromatic heterocycles. The molecule has 0 radical (unpaired) electrons. The van der Waals surface area contributed by atoms with Gasteiger partial charge in [-0.15, -0.1) is 5.16 Å². The molecule has 7 N–H and O–H groups in total. The molecule has 0 amide bonds. The third-order valence-corrected chi connectivity index (χ3v) is 0.141. The second-order valence-electron chi connectivity index (χ2n) is 0.619.